The first-order chi connectivity index (χ1) is 11.3. The molecule has 0 atom stereocenters. The van der Waals surface area contributed by atoms with Crippen LogP contribution >= 0.6 is 0 Å². The highest BCUT2D eigenvalue weighted by Crippen LogP contribution is 2.39. The fourth-order valence-corrected chi connectivity index (χ4v) is 2.26. The quantitative estimate of drug-likeness (QED) is 0.842. The smallest absolute Gasteiger partial charge is 0.407 e. The largest absolute Gasteiger partial charge is 0.494 e. The van der Waals surface area contributed by atoms with E-state index in [2.05, 4.69) is 4.85 Å². The van der Waals surface area contributed by atoms with Gasteiger partial charge in [-0.25, -0.2) is 4.85 Å². The molecule has 0 aromatic heterocycles. The van der Waals surface area contributed by atoms with Crippen molar-refractivity contribution in [2.75, 3.05) is 6.61 Å². The van der Waals surface area contributed by atoms with Crippen LogP contribution in [0.4, 0.5) is 18.9 Å². The van der Waals surface area contributed by atoms with Crippen LogP contribution in [-0.4, -0.2) is 12.5 Å². The number of carbonyl (C=O) groups is 1. The van der Waals surface area contributed by atoms with Crippen LogP contribution in [0.1, 0.15) is 22.8 Å². The molecule has 24 heavy (non-hydrogen) atoms. The van der Waals surface area contributed by atoms with Crippen molar-refractivity contribution in [2.24, 2.45) is 5.73 Å². The zero-order chi connectivity index (χ0) is 17.9. The molecule has 0 spiro atoms. The Morgan fingerprint density at radius 2 is 1.96 bits per heavy atom. The molecule has 0 bridgehead atoms. The number of hydrogen-bond acceptors (Lipinski definition) is 2. The first-order valence-corrected chi connectivity index (χ1v) is 6.93. The molecule has 0 saturated carbocycles. The summed E-state index contributed by atoms with van der Waals surface area (Å²) in [6, 6.07) is 7.67. The van der Waals surface area contributed by atoms with E-state index in [0.717, 1.165) is 12.1 Å². The van der Waals surface area contributed by atoms with Crippen LogP contribution in [0.5, 0.6) is 5.75 Å². The summed E-state index contributed by atoms with van der Waals surface area (Å²) in [6.07, 6.45) is -4.67. The third-order valence-corrected chi connectivity index (χ3v) is 3.30. The Labute approximate surface area is 136 Å². The highest BCUT2D eigenvalue weighted by molar-refractivity contribution is 6.00. The fourth-order valence-electron chi connectivity index (χ4n) is 2.26. The van der Waals surface area contributed by atoms with Crippen LogP contribution in [0.25, 0.3) is 16.0 Å². The summed E-state index contributed by atoms with van der Waals surface area (Å²) in [5, 5.41) is 0. The molecular formula is C17H13F3N2O2. The van der Waals surface area contributed by atoms with Crippen LogP contribution in [0.15, 0.2) is 36.4 Å². The van der Waals surface area contributed by atoms with Crippen LogP contribution in [0.2, 0.25) is 0 Å². The lowest BCUT2D eigenvalue weighted by Crippen LogP contribution is -2.13. The van der Waals surface area contributed by atoms with Crippen molar-refractivity contribution in [3.05, 3.63) is 58.9 Å². The molecule has 0 heterocycles. The molecule has 4 nitrogen and oxygen atoms in total. The van der Waals surface area contributed by atoms with E-state index in [-0.39, 0.29) is 16.7 Å². The van der Waals surface area contributed by atoms with Crippen LogP contribution in [0, 0.1) is 6.57 Å². The molecule has 2 aromatic rings. The Morgan fingerprint density at radius 3 is 2.50 bits per heavy atom. The lowest BCUT2D eigenvalue weighted by molar-refractivity contribution is -0.136. The summed E-state index contributed by atoms with van der Waals surface area (Å²) in [4.78, 5) is 14.5. The van der Waals surface area contributed by atoms with E-state index >= 15 is 0 Å². The zero-order valence-electron chi connectivity index (χ0n) is 12.6. The first kappa shape index (κ1) is 17.3. The monoisotopic (exact) mass is 334 g/mol. The minimum absolute atomic E-state index is 0.0460. The Kier molecular flexibility index (Phi) is 4.79. The number of nitrogens with two attached hydrogens (primary N) is 1. The van der Waals surface area contributed by atoms with Crippen molar-refractivity contribution in [1.82, 2.24) is 0 Å². The Morgan fingerprint density at radius 1 is 1.25 bits per heavy atom. The van der Waals surface area contributed by atoms with Gasteiger partial charge < -0.3 is 10.5 Å². The number of rotatable bonds is 4. The van der Waals surface area contributed by atoms with Crippen molar-refractivity contribution in [3.8, 4) is 16.9 Å². The van der Waals surface area contributed by atoms with E-state index in [1.807, 2.05) is 0 Å². The summed E-state index contributed by atoms with van der Waals surface area (Å²) in [5.41, 5.74) is 4.21. The first-order valence-electron chi connectivity index (χ1n) is 6.93. The average molecular weight is 334 g/mol. The number of benzene rings is 2. The molecule has 0 saturated heterocycles. The van der Waals surface area contributed by atoms with Gasteiger partial charge in [-0.1, -0.05) is 18.2 Å². The van der Waals surface area contributed by atoms with Gasteiger partial charge in [-0.15, -0.1) is 0 Å². The lowest BCUT2D eigenvalue weighted by atomic mass is 9.96. The molecule has 2 rings (SSSR count). The summed E-state index contributed by atoms with van der Waals surface area (Å²) in [6.45, 7) is 8.99. The van der Waals surface area contributed by atoms with Crippen LogP contribution in [0.3, 0.4) is 0 Å². The standard InChI is InChI=1S/C17H13F3N2O2/c1-3-24-11-5-6-12(13(9-11)16(21)23)10-4-7-15(22-2)14(8-10)17(18,19)20/h4-9H,3H2,1H3,(H2,21,23). The molecule has 0 aliphatic heterocycles. The Hall–Kier alpha value is -3.01. The number of carbonyl (C=O) groups excluding carboxylic acids is 1. The highest BCUT2D eigenvalue weighted by atomic mass is 19.4. The Bertz CT molecular complexity index is 824. The van der Waals surface area contributed by atoms with Crippen molar-refractivity contribution in [2.45, 2.75) is 13.1 Å². The number of alkyl halides is 3. The second-order valence-electron chi connectivity index (χ2n) is 4.85. The third-order valence-electron chi connectivity index (χ3n) is 3.30. The van der Waals surface area contributed by atoms with Crippen LogP contribution in [-0.2, 0) is 6.18 Å². The summed E-state index contributed by atoms with van der Waals surface area (Å²) in [7, 11) is 0. The molecular weight excluding hydrogens is 321 g/mol. The Balaban J connectivity index is 2.64. The van der Waals surface area contributed by atoms with Crippen molar-refractivity contribution >= 4 is 11.6 Å². The molecule has 7 heteroatoms. The maximum atomic E-state index is 13.1. The van der Waals surface area contributed by atoms with E-state index in [9.17, 15) is 18.0 Å². The molecule has 0 unspecified atom stereocenters. The van der Waals surface area contributed by atoms with Gasteiger partial charge in [0.25, 0.3) is 0 Å². The fraction of sp³-hybridized carbons (Fsp3) is 0.176. The molecule has 0 aliphatic carbocycles. The average Bonchev–Trinajstić information content (AvgIpc) is 2.53. The normalized spacial score (nSPS) is 11.0. The number of amides is 1. The van der Waals surface area contributed by atoms with E-state index in [1.54, 1.807) is 13.0 Å². The number of ether oxygens (including phenoxy) is 1. The number of primary amides is 1. The predicted octanol–water partition coefficient (Wildman–Crippen LogP) is 4.42. The third kappa shape index (κ3) is 3.49. The van der Waals surface area contributed by atoms with Gasteiger partial charge in [0.1, 0.15) is 5.75 Å². The van der Waals surface area contributed by atoms with E-state index < -0.39 is 23.3 Å². The maximum absolute atomic E-state index is 13.1. The molecule has 2 aromatic carbocycles. The SMILES string of the molecule is [C-]#[N+]c1ccc(-c2ccc(OCC)cc2C(N)=O)cc1C(F)(F)F. The molecule has 1 amide bonds. The van der Waals surface area contributed by atoms with Gasteiger partial charge in [0.05, 0.1) is 24.3 Å². The van der Waals surface area contributed by atoms with Gasteiger partial charge in [0.15, 0.2) is 5.69 Å². The van der Waals surface area contributed by atoms with Gasteiger partial charge in [-0.05, 0) is 36.2 Å². The lowest BCUT2D eigenvalue weighted by Gasteiger charge is -2.14. The second-order valence-corrected chi connectivity index (χ2v) is 4.85. The highest BCUT2D eigenvalue weighted by Gasteiger charge is 2.33. The van der Waals surface area contributed by atoms with Crippen LogP contribution < -0.4 is 10.5 Å². The van der Waals surface area contributed by atoms with Gasteiger partial charge in [-0.2, -0.15) is 13.2 Å². The molecule has 2 N–H and O–H groups in total. The molecule has 0 radical (unpaired) electrons. The van der Waals surface area contributed by atoms with Gasteiger partial charge in [0.2, 0.25) is 5.91 Å². The van der Waals surface area contributed by atoms with E-state index in [0.29, 0.717) is 12.4 Å². The zero-order valence-corrected chi connectivity index (χ0v) is 12.6. The summed E-state index contributed by atoms with van der Waals surface area (Å²) in [5.74, 6) is -0.391. The van der Waals surface area contributed by atoms with Gasteiger partial charge in [0, 0.05) is 0 Å². The van der Waals surface area contributed by atoms with Crippen molar-refractivity contribution in [1.29, 1.82) is 0 Å². The van der Waals surface area contributed by atoms with Crippen molar-refractivity contribution < 1.29 is 22.7 Å². The summed E-state index contributed by atoms with van der Waals surface area (Å²) >= 11 is 0. The molecule has 124 valence electrons. The number of halogens is 3. The minimum atomic E-state index is -4.67. The molecule has 0 fully saturated rings. The maximum Gasteiger partial charge on any atom is 0.407 e. The van der Waals surface area contributed by atoms with Gasteiger partial charge >= 0.3 is 6.18 Å². The predicted molar refractivity (Wildman–Crippen MR) is 82.8 cm³/mol. The van der Waals surface area contributed by atoms with Gasteiger partial charge in [-0.3, -0.25) is 4.79 Å². The minimum Gasteiger partial charge on any atom is -0.494 e. The van der Waals surface area contributed by atoms with E-state index in [1.165, 1.54) is 18.2 Å². The molecule has 0 aliphatic rings. The summed E-state index contributed by atoms with van der Waals surface area (Å²) < 4.78 is 44.6. The van der Waals surface area contributed by atoms with E-state index in [4.69, 9.17) is 17.0 Å². The second kappa shape index (κ2) is 6.62. The number of nitrogens with zero attached hydrogens (tertiary/aromatic N) is 1. The van der Waals surface area contributed by atoms with Crippen molar-refractivity contribution in [3.63, 3.8) is 0 Å². The topological polar surface area (TPSA) is 56.7 Å². The number of hydrogen-bond donors (Lipinski definition) is 1.